The van der Waals surface area contributed by atoms with E-state index in [0.717, 1.165) is 61.6 Å². The van der Waals surface area contributed by atoms with Crippen LogP contribution < -0.4 is 4.74 Å². The van der Waals surface area contributed by atoms with Gasteiger partial charge in [0.25, 0.3) is 0 Å². The molecule has 4 aromatic rings. The maximum atomic E-state index is 10.4. The van der Waals surface area contributed by atoms with E-state index in [1.807, 2.05) is 41.8 Å². The monoisotopic (exact) mass is 499 g/mol. The first-order valence-corrected chi connectivity index (χ1v) is 12.6. The highest BCUT2D eigenvalue weighted by Crippen LogP contribution is 2.28. The highest BCUT2D eigenvalue weighted by molar-refractivity contribution is 5.78. The zero-order chi connectivity index (χ0) is 25.5. The zero-order valence-electron chi connectivity index (χ0n) is 20.9. The van der Waals surface area contributed by atoms with Crippen molar-refractivity contribution in [3.63, 3.8) is 0 Å². The smallest absolute Gasteiger partial charge is 0.163 e. The van der Waals surface area contributed by atoms with Crippen molar-refractivity contribution in [1.82, 2.24) is 29.2 Å². The number of likely N-dealkylation sites (tertiary alicyclic amines) is 1. The van der Waals surface area contributed by atoms with E-state index in [-0.39, 0.29) is 6.10 Å². The molecule has 2 aliphatic rings. The summed E-state index contributed by atoms with van der Waals surface area (Å²) in [5.41, 5.74) is 3.37. The van der Waals surface area contributed by atoms with Crippen LogP contribution in [0.4, 0.5) is 0 Å². The van der Waals surface area contributed by atoms with Crippen molar-refractivity contribution >= 4 is 11.0 Å². The van der Waals surface area contributed by atoms with E-state index in [4.69, 9.17) is 14.5 Å². The van der Waals surface area contributed by atoms with Crippen LogP contribution in [0.2, 0.25) is 0 Å². The molecule has 0 aliphatic carbocycles. The normalized spacial score (nSPS) is 18.0. The fourth-order valence-electron chi connectivity index (χ4n) is 5.05. The Morgan fingerprint density at radius 1 is 1.16 bits per heavy atom. The highest BCUT2D eigenvalue weighted by atomic mass is 16.5. The standard InChI is InChI=1S/C27H29N7O3/c1-17-11-19(13-28)31-34(17)27-23(18(2)35)4-6-26(30-27)33-16-29-24-5-3-22(12-25(24)33)37-21-7-9-32(10-8-21)20-14-36-15-20/h3-6,11-12,16,18,20-21,35H,7-10,14-15H2,1-2H3. The summed E-state index contributed by atoms with van der Waals surface area (Å²) in [5.74, 6) is 1.91. The Balaban J connectivity index is 1.29. The summed E-state index contributed by atoms with van der Waals surface area (Å²) in [7, 11) is 0. The SMILES string of the molecule is Cc1cc(C#N)nn1-c1nc(-n2cnc3ccc(OC4CCN(C5COC5)CC4)cc32)ccc1C(C)O. The molecule has 10 heteroatoms. The maximum Gasteiger partial charge on any atom is 0.163 e. The molecule has 1 unspecified atom stereocenters. The predicted octanol–water partition coefficient (Wildman–Crippen LogP) is 3.08. The molecule has 37 heavy (non-hydrogen) atoms. The Morgan fingerprint density at radius 2 is 1.97 bits per heavy atom. The first-order valence-electron chi connectivity index (χ1n) is 12.6. The average molecular weight is 500 g/mol. The van der Waals surface area contributed by atoms with Crippen LogP contribution in [0.3, 0.4) is 0 Å². The Bertz CT molecular complexity index is 1470. The van der Waals surface area contributed by atoms with Crippen molar-refractivity contribution in [2.45, 2.75) is 44.9 Å². The van der Waals surface area contributed by atoms with Crippen LogP contribution in [0, 0.1) is 18.3 Å². The van der Waals surface area contributed by atoms with Gasteiger partial charge in [0.15, 0.2) is 11.5 Å². The lowest BCUT2D eigenvalue weighted by Gasteiger charge is -2.41. The van der Waals surface area contributed by atoms with Gasteiger partial charge in [-0.25, -0.2) is 14.6 Å². The molecule has 0 amide bonds. The number of pyridine rings is 1. The van der Waals surface area contributed by atoms with Gasteiger partial charge in [-0.1, -0.05) is 0 Å². The summed E-state index contributed by atoms with van der Waals surface area (Å²) in [6.07, 6.45) is 3.14. The van der Waals surface area contributed by atoms with Gasteiger partial charge in [0.2, 0.25) is 0 Å². The zero-order valence-corrected chi connectivity index (χ0v) is 20.9. The topological polar surface area (TPSA) is 114 Å². The molecule has 1 aromatic carbocycles. The van der Waals surface area contributed by atoms with Crippen LogP contribution in [0.1, 0.15) is 42.8 Å². The number of imidazole rings is 1. The van der Waals surface area contributed by atoms with Crippen LogP contribution in [-0.4, -0.2) is 72.8 Å². The Kier molecular flexibility index (Phi) is 6.12. The third-order valence-electron chi connectivity index (χ3n) is 7.23. The van der Waals surface area contributed by atoms with Gasteiger partial charge in [-0.05, 0) is 57.0 Å². The van der Waals surface area contributed by atoms with Crippen LogP contribution in [0.25, 0.3) is 22.7 Å². The van der Waals surface area contributed by atoms with Crippen molar-refractivity contribution in [3.8, 4) is 23.5 Å². The molecule has 0 spiro atoms. The molecule has 6 rings (SSSR count). The third kappa shape index (κ3) is 4.46. The lowest BCUT2D eigenvalue weighted by Crippen LogP contribution is -2.52. The van der Waals surface area contributed by atoms with Crippen LogP contribution >= 0.6 is 0 Å². The summed E-state index contributed by atoms with van der Waals surface area (Å²) < 4.78 is 15.2. The minimum Gasteiger partial charge on any atom is -0.490 e. The van der Waals surface area contributed by atoms with Crippen molar-refractivity contribution < 1.29 is 14.6 Å². The molecule has 0 bridgehead atoms. The quantitative estimate of drug-likeness (QED) is 0.431. The van der Waals surface area contributed by atoms with Crippen molar-refractivity contribution in [2.24, 2.45) is 0 Å². The molecule has 2 aliphatic heterocycles. The number of aryl methyl sites for hydroxylation is 1. The summed E-state index contributed by atoms with van der Waals surface area (Å²) in [5, 5.41) is 24.0. The van der Waals surface area contributed by atoms with Crippen molar-refractivity contribution in [2.75, 3.05) is 26.3 Å². The number of nitriles is 1. The summed E-state index contributed by atoms with van der Waals surface area (Å²) >= 11 is 0. The molecule has 2 saturated heterocycles. The van der Waals surface area contributed by atoms with Gasteiger partial charge in [-0.15, -0.1) is 0 Å². The molecule has 10 nitrogen and oxygen atoms in total. The maximum absolute atomic E-state index is 10.4. The Hall–Kier alpha value is -3.78. The summed E-state index contributed by atoms with van der Waals surface area (Å²) in [6, 6.07) is 14.0. The van der Waals surface area contributed by atoms with E-state index in [1.54, 1.807) is 24.0 Å². The van der Waals surface area contributed by atoms with Crippen LogP contribution in [0.5, 0.6) is 5.75 Å². The predicted molar refractivity (Wildman–Crippen MR) is 136 cm³/mol. The number of hydrogen-bond donors (Lipinski definition) is 1. The van der Waals surface area contributed by atoms with Crippen LogP contribution in [-0.2, 0) is 4.74 Å². The average Bonchev–Trinajstić information content (AvgIpc) is 3.46. The van der Waals surface area contributed by atoms with E-state index in [0.29, 0.717) is 28.9 Å². The third-order valence-corrected chi connectivity index (χ3v) is 7.23. The van der Waals surface area contributed by atoms with Crippen molar-refractivity contribution in [3.05, 3.63) is 59.7 Å². The number of aromatic nitrogens is 5. The number of nitrogens with zero attached hydrogens (tertiary/aromatic N) is 7. The second kappa shape index (κ2) is 9.59. The second-order valence-corrected chi connectivity index (χ2v) is 9.76. The molecule has 0 saturated carbocycles. The van der Waals surface area contributed by atoms with E-state index in [2.05, 4.69) is 21.1 Å². The van der Waals surface area contributed by atoms with Crippen molar-refractivity contribution in [1.29, 1.82) is 5.26 Å². The Morgan fingerprint density at radius 3 is 2.65 bits per heavy atom. The van der Waals surface area contributed by atoms with E-state index < -0.39 is 6.10 Å². The molecule has 1 atom stereocenters. The number of ether oxygens (including phenoxy) is 2. The highest BCUT2D eigenvalue weighted by Gasteiger charge is 2.30. The molecular weight excluding hydrogens is 470 g/mol. The van der Waals surface area contributed by atoms with Gasteiger partial charge in [0.05, 0.1) is 36.4 Å². The fourth-order valence-corrected chi connectivity index (χ4v) is 5.05. The van der Waals surface area contributed by atoms with E-state index in [9.17, 15) is 10.4 Å². The lowest BCUT2D eigenvalue weighted by molar-refractivity contribution is -0.0778. The number of aliphatic hydroxyl groups excluding tert-OH is 1. The van der Waals surface area contributed by atoms with E-state index in [1.165, 1.54) is 0 Å². The van der Waals surface area contributed by atoms with Gasteiger partial charge in [0.1, 0.15) is 30.1 Å². The molecule has 3 aromatic heterocycles. The molecule has 2 fully saturated rings. The minimum atomic E-state index is -0.756. The first kappa shape index (κ1) is 23.6. The number of hydrogen-bond acceptors (Lipinski definition) is 8. The van der Waals surface area contributed by atoms with E-state index >= 15 is 0 Å². The molecule has 1 N–H and O–H groups in total. The number of fused-ring (bicyclic) bond motifs is 1. The first-order chi connectivity index (χ1) is 18.0. The van der Waals surface area contributed by atoms with Gasteiger partial charge in [0, 0.05) is 30.4 Å². The summed E-state index contributed by atoms with van der Waals surface area (Å²) in [6.45, 7) is 7.29. The number of rotatable bonds is 6. The summed E-state index contributed by atoms with van der Waals surface area (Å²) in [4.78, 5) is 11.9. The minimum absolute atomic E-state index is 0.179. The van der Waals surface area contributed by atoms with Gasteiger partial charge >= 0.3 is 0 Å². The van der Waals surface area contributed by atoms with Gasteiger partial charge < -0.3 is 14.6 Å². The molecular formula is C27H29N7O3. The molecule has 5 heterocycles. The fraction of sp³-hybridized carbons (Fsp3) is 0.407. The van der Waals surface area contributed by atoms with Crippen LogP contribution in [0.15, 0.2) is 42.7 Å². The van der Waals surface area contributed by atoms with Gasteiger partial charge in [-0.3, -0.25) is 9.47 Å². The number of benzene rings is 1. The molecule has 0 radical (unpaired) electrons. The Labute approximate surface area is 214 Å². The number of aliphatic hydroxyl groups is 1. The largest absolute Gasteiger partial charge is 0.490 e. The molecule has 190 valence electrons. The number of piperidine rings is 1. The second-order valence-electron chi connectivity index (χ2n) is 9.76. The van der Waals surface area contributed by atoms with Gasteiger partial charge in [-0.2, -0.15) is 10.4 Å². The lowest BCUT2D eigenvalue weighted by atomic mass is 10.0.